The summed E-state index contributed by atoms with van der Waals surface area (Å²) in [6.45, 7) is 17.2. The summed E-state index contributed by atoms with van der Waals surface area (Å²) in [5, 5.41) is 0. The summed E-state index contributed by atoms with van der Waals surface area (Å²) in [6, 6.07) is 0. The summed E-state index contributed by atoms with van der Waals surface area (Å²) in [4.78, 5) is 16.9. The number of piperidine rings is 1. The van der Waals surface area contributed by atoms with Crippen molar-refractivity contribution in [3.05, 3.63) is 0 Å². The molecule has 128 valence electrons. The SMILES string of the molecule is CC(C)(C)OCC(=O)N1CCC2(CCN(C(C)(C)C)CC2)C1. The molecule has 1 amide bonds. The molecule has 4 nitrogen and oxygen atoms in total. The molecule has 0 unspecified atom stereocenters. The Kier molecular flexibility index (Phi) is 4.94. The van der Waals surface area contributed by atoms with Crippen LogP contribution >= 0.6 is 0 Å². The zero-order chi connectivity index (χ0) is 16.6. The Morgan fingerprint density at radius 1 is 1.00 bits per heavy atom. The van der Waals surface area contributed by atoms with Crippen LogP contribution in [0.4, 0.5) is 0 Å². The molecule has 22 heavy (non-hydrogen) atoms. The van der Waals surface area contributed by atoms with Gasteiger partial charge in [0, 0.05) is 18.6 Å². The summed E-state index contributed by atoms with van der Waals surface area (Å²) in [5.74, 6) is 0.157. The van der Waals surface area contributed by atoms with Crippen LogP contribution in [0.1, 0.15) is 60.8 Å². The van der Waals surface area contributed by atoms with Crippen LogP contribution in [0.15, 0.2) is 0 Å². The van der Waals surface area contributed by atoms with E-state index in [2.05, 4.69) is 25.7 Å². The van der Waals surface area contributed by atoms with Gasteiger partial charge in [-0.05, 0) is 79.3 Å². The number of likely N-dealkylation sites (tertiary alicyclic amines) is 2. The molecule has 2 rings (SSSR count). The fraction of sp³-hybridized carbons (Fsp3) is 0.944. The van der Waals surface area contributed by atoms with Crippen LogP contribution in [0.25, 0.3) is 0 Å². The maximum atomic E-state index is 12.3. The van der Waals surface area contributed by atoms with E-state index < -0.39 is 0 Å². The Labute approximate surface area is 136 Å². The van der Waals surface area contributed by atoms with E-state index in [-0.39, 0.29) is 23.7 Å². The van der Waals surface area contributed by atoms with E-state index in [1.165, 1.54) is 12.8 Å². The molecule has 2 heterocycles. The Hall–Kier alpha value is -0.610. The van der Waals surface area contributed by atoms with Gasteiger partial charge in [-0.1, -0.05) is 0 Å². The number of hydrogen-bond donors (Lipinski definition) is 0. The third-order valence-corrected chi connectivity index (χ3v) is 5.19. The van der Waals surface area contributed by atoms with E-state index in [0.717, 1.165) is 32.6 Å². The molecule has 2 aliphatic heterocycles. The van der Waals surface area contributed by atoms with Crippen molar-refractivity contribution in [3.8, 4) is 0 Å². The Balaban J connectivity index is 1.84. The minimum absolute atomic E-state index is 0.157. The monoisotopic (exact) mass is 310 g/mol. The predicted octanol–water partition coefficient (Wildman–Crippen LogP) is 2.91. The highest BCUT2D eigenvalue weighted by Gasteiger charge is 2.43. The van der Waals surface area contributed by atoms with Crippen LogP contribution in [0.2, 0.25) is 0 Å². The van der Waals surface area contributed by atoms with Gasteiger partial charge in [-0.3, -0.25) is 9.69 Å². The lowest BCUT2D eigenvalue weighted by Gasteiger charge is -2.45. The zero-order valence-corrected chi connectivity index (χ0v) is 15.4. The molecule has 0 atom stereocenters. The van der Waals surface area contributed by atoms with Crippen molar-refractivity contribution in [1.82, 2.24) is 9.80 Å². The van der Waals surface area contributed by atoms with Gasteiger partial charge in [0.1, 0.15) is 6.61 Å². The van der Waals surface area contributed by atoms with Crippen LogP contribution in [0.3, 0.4) is 0 Å². The number of rotatable bonds is 2. The van der Waals surface area contributed by atoms with Crippen molar-refractivity contribution in [2.24, 2.45) is 5.41 Å². The maximum absolute atomic E-state index is 12.3. The highest BCUT2D eigenvalue weighted by Crippen LogP contribution is 2.41. The molecule has 0 bridgehead atoms. The average Bonchev–Trinajstić information content (AvgIpc) is 2.78. The van der Waals surface area contributed by atoms with E-state index in [4.69, 9.17) is 4.74 Å². The second kappa shape index (κ2) is 6.12. The summed E-state index contributed by atoms with van der Waals surface area (Å²) < 4.78 is 5.64. The third-order valence-electron chi connectivity index (χ3n) is 5.19. The Morgan fingerprint density at radius 3 is 2.05 bits per heavy atom. The molecule has 2 saturated heterocycles. The molecule has 2 aliphatic rings. The van der Waals surface area contributed by atoms with Crippen LogP contribution in [0.5, 0.6) is 0 Å². The van der Waals surface area contributed by atoms with E-state index in [1.54, 1.807) is 0 Å². The van der Waals surface area contributed by atoms with Gasteiger partial charge in [0.25, 0.3) is 0 Å². The second-order valence-electron chi connectivity index (χ2n) is 9.12. The summed E-state index contributed by atoms with van der Waals surface area (Å²) in [7, 11) is 0. The highest BCUT2D eigenvalue weighted by molar-refractivity contribution is 5.77. The lowest BCUT2D eigenvalue weighted by atomic mass is 9.77. The topological polar surface area (TPSA) is 32.8 Å². The molecule has 2 fully saturated rings. The zero-order valence-electron chi connectivity index (χ0n) is 15.4. The minimum atomic E-state index is -0.245. The maximum Gasteiger partial charge on any atom is 0.248 e. The quantitative estimate of drug-likeness (QED) is 0.786. The van der Waals surface area contributed by atoms with Crippen LogP contribution in [0, 0.1) is 5.41 Å². The Morgan fingerprint density at radius 2 is 1.55 bits per heavy atom. The van der Waals surface area contributed by atoms with Gasteiger partial charge in [0.05, 0.1) is 5.60 Å². The first kappa shape index (κ1) is 17.7. The number of amides is 1. The largest absolute Gasteiger partial charge is 0.366 e. The molecule has 0 aliphatic carbocycles. The van der Waals surface area contributed by atoms with Crippen molar-refractivity contribution in [3.63, 3.8) is 0 Å². The Bertz CT molecular complexity index is 398. The average molecular weight is 310 g/mol. The molecule has 0 aromatic heterocycles. The molecule has 1 spiro atoms. The smallest absolute Gasteiger partial charge is 0.248 e. The fourth-order valence-electron chi connectivity index (χ4n) is 3.58. The van der Waals surface area contributed by atoms with Gasteiger partial charge in [-0.2, -0.15) is 0 Å². The number of ether oxygens (including phenoxy) is 1. The van der Waals surface area contributed by atoms with Gasteiger partial charge in [-0.15, -0.1) is 0 Å². The molecular weight excluding hydrogens is 276 g/mol. The molecule has 0 saturated carbocycles. The molecular formula is C18H34N2O2. The first-order valence-electron chi connectivity index (χ1n) is 8.68. The predicted molar refractivity (Wildman–Crippen MR) is 89.9 cm³/mol. The number of carbonyl (C=O) groups excluding carboxylic acids is 1. The normalized spacial score (nSPS) is 23.3. The molecule has 0 N–H and O–H groups in total. The van der Waals surface area contributed by atoms with Crippen LogP contribution in [-0.2, 0) is 9.53 Å². The van der Waals surface area contributed by atoms with Crippen molar-refractivity contribution in [1.29, 1.82) is 0 Å². The van der Waals surface area contributed by atoms with Gasteiger partial charge in [-0.25, -0.2) is 0 Å². The van der Waals surface area contributed by atoms with E-state index in [0.29, 0.717) is 5.41 Å². The van der Waals surface area contributed by atoms with Crippen molar-refractivity contribution >= 4 is 5.91 Å². The summed E-state index contributed by atoms with van der Waals surface area (Å²) in [6.07, 6.45) is 3.59. The lowest BCUT2D eigenvalue weighted by molar-refractivity contribution is -0.140. The van der Waals surface area contributed by atoms with E-state index in [1.807, 2.05) is 25.7 Å². The first-order valence-corrected chi connectivity index (χ1v) is 8.68. The third kappa shape index (κ3) is 4.45. The van der Waals surface area contributed by atoms with Crippen LogP contribution in [-0.4, -0.2) is 59.6 Å². The van der Waals surface area contributed by atoms with Crippen molar-refractivity contribution < 1.29 is 9.53 Å². The van der Waals surface area contributed by atoms with Gasteiger partial charge in [0.2, 0.25) is 5.91 Å². The van der Waals surface area contributed by atoms with E-state index in [9.17, 15) is 4.79 Å². The molecule has 0 aromatic rings. The van der Waals surface area contributed by atoms with Crippen molar-refractivity contribution in [2.75, 3.05) is 32.8 Å². The summed E-state index contributed by atoms with van der Waals surface area (Å²) in [5.41, 5.74) is 0.376. The van der Waals surface area contributed by atoms with Gasteiger partial charge in [0.15, 0.2) is 0 Å². The number of nitrogens with zero attached hydrogens (tertiary/aromatic N) is 2. The van der Waals surface area contributed by atoms with Gasteiger partial charge < -0.3 is 9.64 Å². The minimum Gasteiger partial charge on any atom is -0.366 e. The number of hydrogen-bond acceptors (Lipinski definition) is 3. The molecule has 4 heteroatoms. The number of carbonyl (C=O) groups is 1. The standard InChI is InChI=1S/C18H34N2O2/c1-16(2,3)20-11-8-18(9-12-20)7-10-19(14-18)15(21)13-22-17(4,5)6/h7-14H2,1-6H3. The first-order chi connectivity index (χ1) is 10.0. The highest BCUT2D eigenvalue weighted by atomic mass is 16.5. The van der Waals surface area contributed by atoms with Crippen LogP contribution < -0.4 is 0 Å². The fourth-order valence-corrected chi connectivity index (χ4v) is 3.58. The molecule has 0 radical (unpaired) electrons. The van der Waals surface area contributed by atoms with E-state index >= 15 is 0 Å². The van der Waals surface area contributed by atoms with Crippen molar-refractivity contribution in [2.45, 2.75) is 71.9 Å². The lowest BCUT2D eigenvalue weighted by Crippen LogP contribution is -2.49. The molecule has 0 aromatic carbocycles. The summed E-state index contributed by atoms with van der Waals surface area (Å²) >= 11 is 0. The second-order valence-corrected chi connectivity index (χ2v) is 9.12. The van der Waals surface area contributed by atoms with Gasteiger partial charge >= 0.3 is 0 Å².